The molecule has 4 rings (SSSR count). The molecule has 1 atom stereocenters. The van der Waals surface area contributed by atoms with Gasteiger partial charge in [-0.25, -0.2) is 4.39 Å². The van der Waals surface area contributed by atoms with Gasteiger partial charge in [-0.1, -0.05) is 45.0 Å². The molecule has 0 saturated carbocycles. The van der Waals surface area contributed by atoms with Crippen LogP contribution >= 0.6 is 0 Å². The van der Waals surface area contributed by atoms with Crippen LogP contribution in [-0.2, 0) is 34.4 Å². The Bertz CT molecular complexity index is 1330. The maximum absolute atomic E-state index is 15.0. The molecule has 0 aromatic heterocycles. The van der Waals surface area contributed by atoms with E-state index in [1.54, 1.807) is 26.4 Å². The molecule has 3 aromatic carbocycles. The smallest absolute Gasteiger partial charge is 0.304 e. The van der Waals surface area contributed by atoms with Crippen molar-refractivity contribution in [3.63, 3.8) is 0 Å². The summed E-state index contributed by atoms with van der Waals surface area (Å²) in [7, 11) is 3.26. The Morgan fingerprint density at radius 1 is 1.03 bits per heavy atom. The van der Waals surface area contributed by atoms with Crippen LogP contribution in [0, 0.1) is 11.2 Å². The molecule has 0 bridgehead atoms. The van der Waals surface area contributed by atoms with Crippen molar-refractivity contribution in [2.45, 2.75) is 64.9 Å². The largest absolute Gasteiger partial charge is 0.497 e. The number of carbonyl (C=O) groups is 1. The highest BCUT2D eigenvalue weighted by atomic mass is 19.1. The summed E-state index contributed by atoms with van der Waals surface area (Å²) in [5.74, 6) is 0.253. The second-order valence-electron chi connectivity index (χ2n) is 11.4. The number of ether oxygens (including phenoxy) is 3. The molecule has 0 fully saturated rings. The maximum Gasteiger partial charge on any atom is 0.304 e. The van der Waals surface area contributed by atoms with E-state index in [-0.39, 0.29) is 23.1 Å². The van der Waals surface area contributed by atoms with Crippen LogP contribution in [-0.4, -0.2) is 31.9 Å². The molecule has 0 saturated heterocycles. The Morgan fingerprint density at radius 3 is 2.49 bits per heavy atom. The van der Waals surface area contributed by atoms with Crippen LogP contribution in [0.15, 0.2) is 54.6 Å². The third-order valence-electron chi connectivity index (χ3n) is 7.93. The van der Waals surface area contributed by atoms with E-state index in [9.17, 15) is 14.3 Å². The maximum atomic E-state index is 15.0. The molecule has 208 valence electrons. The minimum atomic E-state index is -0.771. The van der Waals surface area contributed by atoms with E-state index in [1.165, 1.54) is 11.6 Å². The van der Waals surface area contributed by atoms with Crippen molar-refractivity contribution in [1.29, 1.82) is 0 Å². The molecule has 0 spiro atoms. The fourth-order valence-corrected chi connectivity index (χ4v) is 5.94. The van der Waals surface area contributed by atoms with E-state index in [1.807, 2.05) is 24.3 Å². The average molecular weight is 535 g/mol. The SMILES string of the molecule is CC[C@@]1(CC(=O)O)CCc2ccc(OCc3ccc(-c4cc(OC)ccc4F)c(CC(C)(C)COC)c3)cc21. The molecule has 0 radical (unpaired) electrons. The summed E-state index contributed by atoms with van der Waals surface area (Å²) in [6.07, 6.45) is 3.33. The van der Waals surface area contributed by atoms with Crippen molar-refractivity contribution in [2.24, 2.45) is 5.41 Å². The standard InChI is InChI=1S/C33H39FO5/c1-6-33(19-31(35)36)14-13-23-8-9-26(17-29(23)33)39-20-22-7-11-27(24(15-22)18-32(2,3)21-37-4)28-16-25(38-5)10-12-30(28)34/h7-12,15-17H,6,13-14,18-21H2,1-5H3,(H,35,36)/t33-/m0/s1. The molecule has 6 heteroatoms. The Labute approximate surface area is 230 Å². The second kappa shape index (κ2) is 11.8. The quantitative estimate of drug-likeness (QED) is 0.263. The topological polar surface area (TPSA) is 65.0 Å². The van der Waals surface area contributed by atoms with E-state index in [2.05, 4.69) is 32.9 Å². The third-order valence-corrected chi connectivity index (χ3v) is 7.93. The molecule has 0 amide bonds. The number of methoxy groups -OCH3 is 2. The number of fused-ring (bicyclic) bond motifs is 1. The van der Waals surface area contributed by atoms with Crippen molar-refractivity contribution in [2.75, 3.05) is 20.8 Å². The number of carboxylic acids is 1. The van der Waals surface area contributed by atoms with E-state index in [0.717, 1.165) is 47.3 Å². The van der Waals surface area contributed by atoms with Gasteiger partial charge < -0.3 is 19.3 Å². The highest BCUT2D eigenvalue weighted by Gasteiger charge is 2.39. The number of benzene rings is 3. The van der Waals surface area contributed by atoms with Crippen LogP contribution in [0.3, 0.4) is 0 Å². The number of halogens is 1. The number of carboxylic acid groups (broad SMARTS) is 1. The lowest BCUT2D eigenvalue weighted by Gasteiger charge is -2.27. The van der Waals surface area contributed by atoms with Crippen molar-refractivity contribution in [3.05, 3.63) is 82.7 Å². The first-order valence-electron chi connectivity index (χ1n) is 13.5. The summed E-state index contributed by atoms with van der Waals surface area (Å²) >= 11 is 0. The first-order valence-corrected chi connectivity index (χ1v) is 13.5. The minimum absolute atomic E-state index is 0.128. The Hall–Kier alpha value is -3.38. The van der Waals surface area contributed by atoms with Gasteiger partial charge in [-0.3, -0.25) is 4.79 Å². The molecule has 39 heavy (non-hydrogen) atoms. The molecule has 0 heterocycles. The second-order valence-corrected chi connectivity index (χ2v) is 11.4. The third kappa shape index (κ3) is 6.44. The number of aliphatic carboxylic acids is 1. The lowest BCUT2D eigenvalue weighted by Crippen LogP contribution is -2.25. The number of aryl methyl sites for hydroxylation is 1. The molecular weight excluding hydrogens is 495 g/mol. The fourth-order valence-electron chi connectivity index (χ4n) is 5.94. The van der Waals surface area contributed by atoms with E-state index in [0.29, 0.717) is 30.9 Å². The van der Waals surface area contributed by atoms with Crippen molar-refractivity contribution in [3.8, 4) is 22.6 Å². The van der Waals surface area contributed by atoms with Crippen LogP contribution in [0.5, 0.6) is 11.5 Å². The Kier molecular flexibility index (Phi) is 8.65. The molecule has 1 aliphatic carbocycles. The van der Waals surface area contributed by atoms with Gasteiger partial charge in [-0.15, -0.1) is 0 Å². The summed E-state index contributed by atoms with van der Waals surface area (Å²) < 4.78 is 32.0. The van der Waals surface area contributed by atoms with Gasteiger partial charge in [-0.2, -0.15) is 0 Å². The molecule has 5 nitrogen and oxygen atoms in total. The number of hydrogen-bond acceptors (Lipinski definition) is 4. The van der Waals surface area contributed by atoms with Crippen molar-refractivity contribution < 1.29 is 28.5 Å². The summed E-state index contributed by atoms with van der Waals surface area (Å²) in [5.41, 5.74) is 5.09. The predicted octanol–water partition coefficient (Wildman–Crippen LogP) is 7.36. The van der Waals surface area contributed by atoms with Gasteiger partial charge in [0.2, 0.25) is 0 Å². The zero-order valence-electron chi connectivity index (χ0n) is 23.6. The van der Waals surface area contributed by atoms with E-state index < -0.39 is 5.97 Å². The van der Waals surface area contributed by atoms with Crippen molar-refractivity contribution >= 4 is 5.97 Å². The highest BCUT2D eigenvalue weighted by Crippen LogP contribution is 2.45. The monoisotopic (exact) mass is 534 g/mol. The summed E-state index contributed by atoms with van der Waals surface area (Å²) in [4.78, 5) is 11.6. The minimum Gasteiger partial charge on any atom is -0.497 e. The molecule has 0 unspecified atom stereocenters. The molecule has 1 N–H and O–H groups in total. The predicted molar refractivity (Wildman–Crippen MR) is 151 cm³/mol. The van der Waals surface area contributed by atoms with E-state index >= 15 is 0 Å². The number of hydrogen-bond donors (Lipinski definition) is 1. The van der Waals surface area contributed by atoms with E-state index in [4.69, 9.17) is 14.2 Å². The summed E-state index contributed by atoms with van der Waals surface area (Å²) in [6, 6.07) is 16.8. The Morgan fingerprint density at radius 2 is 1.79 bits per heavy atom. The highest BCUT2D eigenvalue weighted by molar-refractivity contribution is 5.71. The summed E-state index contributed by atoms with van der Waals surface area (Å²) in [5, 5.41) is 9.54. The average Bonchev–Trinajstić information content (AvgIpc) is 3.25. The molecule has 0 aliphatic heterocycles. The van der Waals surface area contributed by atoms with Crippen LogP contribution in [0.2, 0.25) is 0 Å². The normalized spacial score (nSPS) is 16.7. The lowest BCUT2D eigenvalue weighted by molar-refractivity contribution is -0.138. The zero-order valence-corrected chi connectivity index (χ0v) is 23.6. The fraction of sp³-hybridized carbons (Fsp3) is 0.424. The molecule has 1 aliphatic rings. The van der Waals surface area contributed by atoms with Gasteiger partial charge in [0.1, 0.15) is 23.9 Å². The zero-order chi connectivity index (χ0) is 28.2. The van der Waals surface area contributed by atoms with Gasteiger partial charge in [-0.05, 0) is 89.2 Å². The van der Waals surface area contributed by atoms with Gasteiger partial charge >= 0.3 is 5.97 Å². The van der Waals surface area contributed by atoms with Gasteiger partial charge in [0.05, 0.1) is 20.1 Å². The van der Waals surface area contributed by atoms with Crippen molar-refractivity contribution in [1.82, 2.24) is 0 Å². The lowest BCUT2D eigenvalue weighted by atomic mass is 9.76. The first kappa shape index (κ1) is 28.6. The van der Waals surface area contributed by atoms with Crippen LogP contribution in [0.25, 0.3) is 11.1 Å². The Balaban J connectivity index is 1.63. The van der Waals surface area contributed by atoms with Gasteiger partial charge in [0, 0.05) is 18.1 Å². The van der Waals surface area contributed by atoms with Crippen LogP contribution < -0.4 is 9.47 Å². The molecule has 3 aromatic rings. The van der Waals surface area contributed by atoms with Gasteiger partial charge in [0.25, 0.3) is 0 Å². The van der Waals surface area contributed by atoms with Crippen LogP contribution in [0.4, 0.5) is 4.39 Å². The first-order chi connectivity index (χ1) is 18.6. The number of rotatable bonds is 12. The van der Waals surface area contributed by atoms with Gasteiger partial charge in [0.15, 0.2) is 0 Å². The van der Waals surface area contributed by atoms with Crippen LogP contribution in [0.1, 0.15) is 62.3 Å². The summed E-state index contributed by atoms with van der Waals surface area (Å²) in [6.45, 7) is 7.23. The molecular formula is C33H39FO5.